The van der Waals surface area contributed by atoms with Crippen molar-refractivity contribution in [3.05, 3.63) is 17.7 Å². The second-order valence-electron chi connectivity index (χ2n) is 4.13. The molecular weight excluding hydrogens is 234 g/mol. The number of hydrogen-bond donors (Lipinski definition) is 1. The lowest BCUT2D eigenvalue weighted by atomic mass is 9.96. The van der Waals surface area contributed by atoms with Gasteiger partial charge in [-0.2, -0.15) is 0 Å². The van der Waals surface area contributed by atoms with Crippen LogP contribution in [0, 0.1) is 0 Å². The smallest absolute Gasteiger partial charge is 0.220 e. The van der Waals surface area contributed by atoms with Crippen LogP contribution in [-0.2, 0) is 4.79 Å². The molecule has 1 unspecified atom stereocenters. The van der Waals surface area contributed by atoms with E-state index in [0.717, 1.165) is 5.56 Å². The van der Waals surface area contributed by atoms with Gasteiger partial charge in [-0.25, -0.2) is 0 Å². The highest BCUT2D eigenvalue weighted by molar-refractivity contribution is 5.80. The van der Waals surface area contributed by atoms with Gasteiger partial charge in [0, 0.05) is 24.4 Å². The Bertz CT molecular complexity index is 459. The second kappa shape index (κ2) is 5.16. The van der Waals surface area contributed by atoms with Gasteiger partial charge in [-0.3, -0.25) is 4.79 Å². The molecule has 5 nitrogen and oxygen atoms in total. The number of benzene rings is 1. The Balaban J connectivity index is 2.44. The topological polar surface area (TPSA) is 56.8 Å². The van der Waals surface area contributed by atoms with Crippen LogP contribution in [0.15, 0.2) is 12.1 Å². The van der Waals surface area contributed by atoms with E-state index in [1.165, 1.54) is 0 Å². The van der Waals surface area contributed by atoms with Gasteiger partial charge in [-0.1, -0.05) is 6.07 Å². The summed E-state index contributed by atoms with van der Waals surface area (Å²) in [7, 11) is 4.74. The Morgan fingerprint density at radius 1 is 1.11 bits per heavy atom. The van der Waals surface area contributed by atoms with E-state index in [1.54, 1.807) is 21.3 Å². The van der Waals surface area contributed by atoms with E-state index in [2.05, 4.69) is 5.32 Å². The Hall–Kier alpha value is -1.91. The molecule has 0 aromatic heterocycles. The number of ether oxygens (including phenoxy) is 3. The molecule has 1 atom stereocenters. The summed E-state index contributed by atoms with van der Waals surface area (Å²) in [6.07, 6.45) is 0.478. The van der Waals surface area contributed by atoms with Crippen LogP contribution in [-0.4, -0.2) is 33.8 Å². The molecule has 0 bridgehead atoms. The summed E-state index contributed by atoms with van der Waals surface area (Å²) in [6, 6.07) is 3.75. The van der Waals surface area contributed by atoms with E-state index in [-0.39, 0.29) is 11.8 Å². The van der Waals surface area contributed by atoms with Crippen LogP contribution in [0.3, 0.4) is 0 Å². The number of hydrogen-bond acceptors (Lipinski definition) is 4. The van der Waals surface area contributed by atoms with Gasteiger partial charge >= 0.3 is 0 Å². The van der Waals surface area contributed by atoms with E-state index in [4.69, 9.17) is 14.2 Å². The first-order valence-electron chi connectivity index (χ1n) is 5.76. The largest absolute Gasteiger partial charge is 0.493 e. The molecule has 1 amide bonds. The molecule has 0 radical (unpaired) electrons. The first-order chi connectivity index (χ1) is 8.71. The van der Waals surface area contributed by atoms with Crippen molar-refractivity contribution in [1.82, 2.24) is 5.32 Å². The first-order valence-corrected chi connectivity index (χ1v) is 5.76. The molecule has 0 aliphatic carbocycles. The lowest BCUT2D eigenvalue weighted by molar-refractivity contribution is -0.119. The quantitative estimate of drug-likeness (QED) is 0.876. The van der Waals surface area contributed by atoms with Crippen molar-refractivity contribution in [3.8, 4) is 17.2 Å². The summed E-state index contributed by atoms with van der Waals surface area (Å²) >= 11 is 0. The highest BCUT2D eigenvalue weighted by Crippen LogP contribution is 2.43. The van der Waals surface area contributed by atoms with Crippen molar-refractivity contribution in [2.75, 3.05) is 27.9 Å². The lowest BCUT2D eigenvalue weighted by Gasteiger charge is -2.18. The highest BCUT2D eigenvalue weighted by atomic mass is 16.5. The maximum absolute atomic E-state index is 11.3. The van der Waals surface area contributed by atoms with Crippen molar-refractivity contribution in [3.63, 3.8) is 0 Å². The Morgan fingerprint density at radius 2 is 1.83 bits per heavy atom. The summed E-state index contributed by atoms with van der Waals surface area (Å²) < 4.78 is 16.0. The summed E-state index contributed by atoms with van der Waals surface area (Å²) in [5.74, 6) is 2.01. The van der Waals surface area contributed by atoms with Gasteiger partial charge in [0.05, 0.1) is 21.3 Å². The van der Waals surface area contributed by atoms with Gasteiger partial charge in [0.15, 0.2) is 11.5 Å². The van der Waals surface area contributed by atoms with E-state index in [0.29, 0.717) is 30.2 Å². The van der Waals surface area contributed by atoms with Crippen LogP contribution in [0.4, 0.5) is 0 Å². The van der Waals surface area contributed by atoms with Crippen molar-refractivity contribution in [2.45, 2.75) is 12.3 Å². The molecule has 0 spiro atoms. The number of amides is 1. The Morgan fingerprint density at radius 3 is 2.33 bits per heavy atom. The number of carbonyl (C=O) groups is 1. The minimum absolute atomic E-state index is 0.0665. The van der Waals surface area contributed by atoms with E-state index in [9.17, 15) is 4.79 Å². The molecule has 2 rings (SSSR count). The van der Waals surface area contributed by atoms with Crippen LogP contribution in [0.5, 0.6) is 17.2 Å². The predicted molar refractivity (Wildman–Crippen MR) is 66.5 cm³/mol. The average Bonchev–Trinajstić information content (AvgIpc) is 2.83. The summed E-state index contributed by atoms with van der Waals surface area (Å²) in [5, 5.41) is 2.82. The normalized spacial score (nSPS) is 18.4. The van der Waals surface area contributed by atoms with E-state index < -0.39 is 0 Å². The molecule has 98 valence electrons. The van der Waals surface area contributed by atoms with Gasteiger partial charge in [0.1, 0.15) is 0 Å². The Labute approximate surface area is 106 Å². The standard InChI is InChI=1S/C13H17NO4/c1-16-10-5-4-9(8-6-11(15)14-7-8)12(17-2)13(10)18-3/h4-5,8H,6-7H2,1-3H3,(H,14,15). The number of nitrogens with one attached hydrogen (secondary N) is 1. The number of carbonyl (C=O) groups excluding carboxylic acids is 1. The minimum Gasteiger partial charge on any atom is -0.493 e. The average molecular weight is 251 g/mol. The molecule has 0 saturated carbocycles. The third-order valence-corrected chi connectivity index (χ3v) is 3.15. The molecular formula is C13H17NO4. The van der Waals surface area contributed by atoms with Crippen molar-refractivity contribution < 1.29 is 19.0 Å². The molecule has 1 aliphatic rings. The van der Waals surface area contributed by atoms with Gasteiger partial charge in [-0.05, 0) is 6.07 Å². The fraction of sp³-hybridized carbons (Fsp3) is 0.462. The molecule has 1 saturated heterocycles. The third-order valence-electron chi connectivity index (χ3n) is 3.15. The number of methoxy groups -OCH3 is 3. The van der Waals surface area contributed by atoms with Gasteiger partial charge in [0.2, 0.25) is 11.7 Å². The van der Waals surface area contributed by atoms with Crippen LogP contribution in [0.25, 0.3) is 0 Å². The third kappa shape index (κ3) is 2.08. The fourth-order valence-electron chi connectivity index (χ4n) is 2.27. The predicted octanol–water partition coefficient (Wildman–Crippen LogP) is 1.32. The number of rotatable bonds is 4. The van der Waals surface area contributed by atoms with E-state index in [1.807, 2.05) is 12.1 Å². The maximum atomic E-state index is 11.3. The van der Waals surface area contributed by atoms with Crippen LogP contribution >= 0.6 is 0 Å². The zero-order chi connectivity index (χ0) is 13.1. The molecule has 5 heteroatoms. The second-order valence-corrected chi connectivity index (χ2v) is 4.13. The SMILES string of the molecule is COc1ccc(C2CNC(=O)C2)c(OC)c1OC. The molecule has 1 aromatic rings. The first kappa shape index (κ1) is 12.5. The van der Waals surface area contributed by atoms with Gasteiger partial charge < -0.3 is 19.5 Å². The van der Waals surface area contributed by atoms with Crippen molar-refractivity contribution >= 4 is 5.91 Å². The lowest BCUT2D eigenvalue weighted by Crippen LogP contribution is -2.13. The summed E-state index contributed by atoms with van der Waals surface area (Å²) in [6.45, 7) is 0.630. The molecule has 1 fully saturated rings. The van der Waals surface area contributed by atoms with E-state index >= 15 is 0 Å². The maximum Gasteiger partial charge on any atom is 0.220 e. The molecule has 1 aromatic carbocycles. The van der Waals surface area contributed by atoms with Crippen LogP contribution in [0.1, 0.15) is 17.9 Å². The van der Waals surface area contributed by atoms with Crippen molar-refractivity contribution in [1.29, 1.82) is 0 Å². The zero-order valence-electron chi connectivity index (χ0n) is 10.8. The van der Waals surface area contributed by atoms with Gasteiger partial charge in [-0.15, -0.1) is 0 Å². The summed E-state index contributed by atoms with van der Waals surface area (Å²) in [4.78, 5) is 11.3. The zero-order valence-corrected chi connectivity index (χ0v) is 10.8. The minimum atomic E-state index is 0.0665. The van der Waals surface area contributed by atoms with Crippen molar-refractivity contribution in [2.24, 2.45) is 0 Å². The Kier molecular flexibility index (Phi) is 3.60. The summed E-state index contributed by atoms with van der Waals surface area (Å²) in [5.41, 5.74) is 0.966. The molecule has 18 heavy (non-hydrogen) atoms. The molecule has 1 N–H and O–H groups in total. The molecule has 1 heterocycles. The molecule has 1 aliphatic heterocycles. The van der Waals surface area contributed by atoms with Crippen LogP contribution in [0.2, 0.25) is 0 Å². The van der Waals surface area contributed by atoms with Gasteiger partial charge in [0.25, 0.3) is 0 Å². The highest BCUT2D eigenvalue weighted by Gasteiger charge is 2.28. The fourth-order valence-corrected chi connectivity index (χ4v) is 2.27. The van der Waals surface area contributed by atoms with Crippen LogP contribution < -0.4 is 19.5 Å². The monoisotopic (exact) mass is 251 g/mol.